The second kappa shape index (κ2) is 9.45. The zero-order valence-corrected chi connectivity index (χ0v) is 14.2. The molecule has 0 amide bonds. The number of aryl methyl sites for hydroxylation is 1. The molecule has 0 radical (unpaired) electrons. The molecule has 3 rings (SSSR count). The molecule has 0 saturated carbocycles. The highest BCUT2D eigenvalue weighted by atomic mass is 16.5. The van der Waals surface area contributed by atoms with Gasteiger partial charge in [0, 0.05) is 13.2 Å². The SMILES string of the molecule is c1ccc(COc2ccc(CCCOC3CCCOC3)cc2)cc1. The Morgan fingerprint density at radius 2 is 1.79 bits per heavy atom. The highest BCUT2D eigenvalue weighted by Gasteiger charge is 2.13. The number of hydrogen-bond acceptors (Lipinski definition) is 3. The first-order chi connectivity index (χ1) is 11.9. The van der Waals surface area contributed by atoms with E-state index in [1.54, 1.807) is 0 Å². The number of ether oxygens (including phenoxy) is 3. The summed E-state index contributed by atoms with van der Waals surface area (Å²) in [6, 6.07) is 18.6. The summed E-state index contributed by atoms with van der Waals surface area (Å²) in [5.74, 6) is 0.915. The first-order valence-electron chi connectivity index (χ1n) is 8.85. The second-order valence-electron chi connectivity index (χ2n) is 6.23. The Morgan fingerprint density at radius 1 is 0.958 bits per heavy atom. The van der Waals surface area contributed by atoms with Crippen molar-refractivity contribution in [2.24, 2.45) is 0 Å². The van der Waals surface area contributed by atoms with Gasteiger partial charge in [0.25, 0.3) is 0 Å². The lowest BCUT2D eigenvalue weighted by Crippen LogP contribution is -2.25. The van der Waals surface area contributed by atoms with E-state index < -0.39 is 0 Å². The molecule has 0 bridgehead atoms. The van der Waals surface area contributed by atoms with Gasteiger partial charge in [-0.25, -0.2) is 0 Å². The minimum Gasteiger partial charge on any atom is -0.489 e. The van der Waals surface area contributed by atoms with E-state index in [-0.39, 0.29) is 0 Å². The Kier molecular flexibility index (Phi) is 6.70. The van der Waals surface area contributed by atoms with Crippen molar-refractivity contribution in [3.05, 3.63) is 65.7 Å². The number of rotatable bonds is 8. The van der Waals surface area contributed by atoms with Crippen LogP contribution in [0.4, 0.5) is 0 Å². The Morgan fingerprint density at radius 3 is 2.54 bits per heavy atom. The average Bonchev–Trinajstić information content (AvgIpc) is 2.66. The van der Waals surface area contributed by atoms with E-state index >= 15 is 0 Å². The number of benzene rings is 2. The molecule has 24 heavy (non-hydrogen) atoms. The van der Waals surface area contributed by atoms with Crippen molar-refractivity contribution in [1.82, 2.24) is 0 Å². The van der Waals surface area contributed by atoms with Crippen LogP contribution in [0.3, 0.4) is 0 Å². The third kappa shape index (κ3) is 5.66. The molecule has 1 aliphatic rings. The molecule has 2 aromatic carbocycles. The molecular weight excluding hydrogens is 300 g/mol. The molecule has 3 nitrogen and oxygen atoms in total. The zero-order chi connectivity index (χ0) is 16.5. The first-order valence-corrected chi connectivity index (χ1v) is 8.85. The van der Waals surface area contributed by atoms with Gasteiger partial charge in [-0.2, -0.15) is 0 Å². The molecule has 1 fully saturated rings. The molecule has 0 aliphatic carbocycles. The minimum atomic E-state index is 0.299. The smallest absolute Gasteiger partial charge is 0.119 e. The van der Waals surface area contributed by atoms with Crippen molar-refractivity contribution in [1.29, 1.82) is 0 Å². The molecule has 2 aromatic rings. The van der Waals surface area contributed by atoms with Crippen molar-refractivity contribution >= 4 is 0 Å². The van der Waals surface area contributed by atoms with Gasteiger partial charge in [-0.1, -0.05) is 42.5 Å². The van der Waals surface area contributed by atoms with E-state index in [0.717, 1.165) is 51.3 Å². The molecule has 3 heteroatoms. The van der Waals surface area contributed by atoms with Crippen molar-refractivity contribution in [3.63, 3.8) is 0 Å². The summed E-state index contributed by atoms with van der Waals surface area (Å²) in [5.41, 5.74) is 2.51. The molecule has 1 heterocycles. The molecule has 128 valence electrons. The van der Waals surface area contributed by atoms with Gasteiger partial charge in [-0.05, 0) is 48.9 Å². The Balaban J connectivity index is 1.35. The summed E-state index contributed by atoms with van der Waals surface area (Å²) in [5, 5.41) is 0. The fraction of sp³-hybridized carbons (Fsp3) is 0.429. The van der Waals surface area contributed by atoms with Crippen molar-refractivity contribution < 1.29 is 14.2 Å². The lowest BCUT2D eigenvalue weighted by atomic mass is 10.1. The maximum atomic E-state index is 5.87. The first kappa shape index (κ1) is 17.0. The fourth-order valence-electron chi connectivity index (χ4n) is 2.86. The van der Waals surface area contributed by atoms with Gasteiger partial charge in [-0.3, -0.25) is 0 Å². The summed E-state index contributed by atoms with van der Waals surface area (Å²) in [7, 11) is 0. The van der Waals surface area contributed by atoms with E-state index in [4.69, 9.17) is 14.2 Å². The van der Waals surface area contributed by atoms with Crippen LogP contribution in [0.25, 0.3) is 0 Å². The van der Waals surface area contributed by atoms with Crippen LogP contribution in [0.15, 0.2) is 54.6 Å². The quantitative estimate of drug-likeness (QED) is 0.673. The van der Waals surface area contributed by atoms with Gasteiger partial charge in [-0.15, -0.1) is 0 Å². The monoisotopic (exact) mass is 326 g/mol. The van der Waals surface area contributed by atoms with Crippen LogP contribution in [0.5, 0.6) is 5.75 Å². The van der Waals surface area contributed by atoms with Crippen molar-refractivity contribution in [2.45, 2.75) is 38.4 Å². The lowest BCUT2D eigenvalue weighted by molar-refractivity contribution is -0.0503. The van der Waals surface area contributed by atoms with E-state index in [9.17, 15) is 0 Å². The normalized spacial score (nSPS) is 17.6. The largest absolute Gasteiger partial charge is 0.489 e. The molecule has 0 aromatic heterocycles. The van der Waals surface area contributed by atoms with Crippen molar-refractivity contribution in [2.75, 3.05) is 19.8 Å². The molecule has 1 aliphatic heterocycles. The fourth-order valence-corrected chi connectivity index (χ4v) is 2.86. The van der Waals surface area contributed by atoms with Crippen molar-refractivity contribution in [3.8, 4) is 5.75 Å². The van der Waals surface area contributed by atoms with Gasteiger partial charge in [0.1, 0.15) is 12.4 Å². The molecule has 1 atom stereocenters. The minimum absolute atomic E-state index is 0.299. The molecular formula is C21H26O3. The van der Waals surface area contributed by atoms with Gasteiger partial charge in [0.2, 0.25) is 0 Å². The third-order valence-corrected chi connectivity index (χ3v) is 4.25. The van der Waals surface area contributed by atoms with Crippen LogP contribution in [-0.4, -0.2) is 25.9 Å². The predicted octanol–water partition coefficient (Wildman–Crippen LogP) is 4.39. The van der Waals surface area contributed by atoms with Crippen LogP contribution in [0, 0.1) is 0 Å². The van der Waals surface area contributed by atoms with Gasteiger partial charge in [0.05, 0.1) is 12.7 Å². The summed E-state index contributed by atoms with van der Waals surface area (Å²) >= 11 is 0. The van der Waals surface area contributed by atoms with E-state index in [2.05, 4.69) is 24.3 Å². The predicted molar refractivity (Wildman–Crippen MR) is 95.3 cm³/mol. The van der Waals surface area contributed by atoms with Crippen LogP contribution >= 0.6 is 0 Å². The number of hydrogen-bond donors (Lipinski definition) is 0. The van der Waals surface area contributed by atoms with Gasteiger partial charge in [0.15, 0.2) is 0 Å². The molecule has 0 spiro atoms. The van der Waals surface area contributed by atoms with Gasteiger partial charge < -0.3 is 14.2 Å². The lowest BCUT2D eigenvalue weighted by Gasteiger charge is -2.22. The average molecular weight is 326 g/mol. The molecule has 0 N–H and O–H groups in total. The van der Waals surface area contributed by atoms with Crippen LogP contribution in [-0.2, 0) is 22.5 Å². The third-order valence-electron chi connectivity index (χ3n) is 4.25. The summed E-state index contributed by atoms with van der Waals surface area (Å²) in [4.78, 5) is 0. The van der Waals surface area contributed by atoms with Gasteiger partial charge >= 0.3 is 0 Å². The van der Waals surface area contributed by atoms with Crippen LogP contribution in [0.2, 0.25) is 0 Å². The summed E-state index contributed by atoms with van der Waals surface area (Å²) in [6.07, 6.45) is 4.63. The van der Waals surface area contributed by atoms with E-state index in [1.165, 1.54) is 11.1 Å². The maximum Gasteiger partial charge on any atom is 0.119 e. The Labute approximate surface area is 144 Å². The summed E-state index contributed by atoms with van der Waals surface area (Å²) in [6.45, 7) is 3.06. The highest BCUT2D eigenvalue weighted by molar-refractivity contribution is 5.27. The van der Waals surface area contributed by atoms with Crippen LogP contribution in [0.1, 0.15) is 30.4 Å². The summed E-state index contributed by atoms with van der Waals surface area (Å²) < 4.78 is 17.1. The van der Waals surface area contributed by atoms with Crippen LogP contribution < -0.4 is 4.74 Å². The highest BCUT2D eigenvalue weighted by Crippen LogP contribution is 2.16. The topological polar surface area (TPSA) is 27.7 Å². The Bertz CT molecular complexity index is 574. The zero-order valence-electron chi connectivity index (χ0n) is 14.2. The Hall–Kier alpha value is -1.84. The maximum absolute atomic E-state index is 5.87. The van der Waals surface area contributed by atoms with E-state index in [1.807, 2.05) is 30.3 Å². The second-order valence-corrected chi connectivity index (χ2v) is 6.23. The molecule has 1 saturated heterocycles. The molecule has 1 unspecified atom stereocenters. The standard InChI is InChI=1S/C21H26O3/c1-2-6-19(7-3-1)16-24-20-12-10-18(11-13-20)8-4-15-23-21-9-5-14-22-17-21/h1-3,6-7,10-13,21H,4-5,8-9,14-17H2. The van der Waals surface area contributed by atoms with E-state index in [0.29, 0.717) is 12.7 Å².